The molecule has 0 saturated carbocycles. The predicted molar refractivity (Wildman–Crippen MR) is 40.2 cm³/mol. The summed E-state index contributed by atoms with van der Waals surface area (Å²) < 4.78 is 4.36. The molecule has 0 fully saturated rings. The van der Waals surface area contributed by atoms with E-state index in [1.807, 2.05) is 0 Å². The number of aliphatic hydroxyl groups excluding tert-OH is 2. The molecule has 0 rings (SSSR count). The van der Waals surface area contributed by atoms with Crippen LogP contribution in [0.25, 0.3) is 0 Å². The van der Waals surface area contributed by atoms with Gasteiger partial charge in [-0.2, -0.15) is 0 Å². The van der Waals surface area contributed by atoms with Crippen LogP contribution in [0.4, 0.5) is 0 Å². The first kappa shape index (κ1) is 11.9. The first-order chi connectivity index (χ1) is 4.68. The van der Waals surface area contributed by atoms with Crippen molar-refractivity contribution in [3.05, 3.63) is 25.7 Å². The Balaban J connectivity index is 0. The van der Waals surface area contributed by atoms with Crippen LogP contribution in [-0.4, -0.2) is 22.9 Å². The Labute approximate surface area is 61.3 Å². The maximum atomic E-state index is 8.11. The summed E-state index contributed by atoms with van der Waals surface area (Å²) in [5, 5.41) is 16.0. The van der Waals surface area contributed by atoms with E-state index < -0.39 is 6.10 Å². The first-order valence-corrected chi connectivity index (χ1v) is 2.85. The normalized spacial score (nSPS) is 10.3. The summed E-state index contributed by atoms with van der Waals surface area (Å²) in [5.41, 5.74) is 0. The molecule has 0 bridgehead atoms. The van der Waals surface area contributed by atoms with Gasteiger partial charge in [0.1, 0.15) is 0 Å². The van der Waals surface area contributed by atoms with E-state index >= 15 is 0 Å². The van der Waals surface area contributed by atoms with E-state index in [1.54, 1.807) is 0 Å². The van der Waals surface area contributed by atoms with Crippen molar-refractivity contribution in [1.82, 2.24) is 0 Å². The largest absolute Gasteiger partial charge is 0.474 e. The Morgan fingerprint density at radius 2 is 1.80 bits per heavy atom. The maximum Gasteiger partial charge on any atom is 0.0829 e. The lowest BCUT2D eigenvalue weighted by atomic mass is 10.5. The molecule has 1 atom stereocenters. The third-order valence-electron chi connectivity index (χ3n) is 0.457. The highest BCUT2D eigenvalue weighted by Crippen LogP contribution is 1.68. The van der Waals surface area contributed by atoms with Crippen LogP contribution in [-0.2, 0) is 4.74 Å². The minimum absolute atomic E-state index is 0.139. The molecule has 3 heteroatoms. The minimum Gasteiger partial charge on any atom is -0.474 e. The van der Waals surface area contributed by atoms with Gasteiger partial charge in [-0.05, 0) is 6.92 Å². The monoisotopic (exact) mass is 146 g/mol. The van der Waals surface area contributed by atoms with Crippen LogP contribution >= 0.6 is 0 Å². The van der Waals surface area contributed by atoms with Gasteiger partial charge in [0.15, 0.2) is 0 Å². The van der Waals surface area contributed by atoms with E-state index in [4.69, 9.17) is 10.2 Å². The standard InChI is InChI=1S/C4H6O.C3H8O2/c1-3-5-4-2;1-3(5)2-4/h3-4H,1-2H2;3-5H,2H2,1H3. The average molecular weight is 146 g/mol. The molecule has 10 heavy (non-hydrogen) atoms. The number of ether oxygens (including phenoxy) is 1. The highest BCUT2D eigenvalue weighted by molar-refractivity contribution is 4.57. The molecule has 60 valence electrons. The van der Waals surface area contributed by atoms with Crippen LogP contribution in [0.15, 0.2) is 25.7 Å². The Morgan fingerprint density at radius 1 is 1.50 bits per heavy atom. The van der Waals surface area contributed by atoms with E-state index in [1.165, 1.54) is 19.4 Å². The Kier molecular flexibility index (Phi) is 13.2. The second-order valence-corrected chi connectivity index (χ2v) is 1.50. The van der Waals surface area contributed by atoms with E-state index in [9.17, 15) is 0 Å². The molecular weight excluding hydrogens is 132 g/mol. The smallest absolute Gasteiger partial charge is 0.0829 e. The van der Waals surface area contributed by atoms with Crippen molar-refractivity contribution in [2.75, 3.05) is 6.61 Å². The second kappa shape index (κ2) is 11.1. The molecule has 3 nitrogen and oxygen atoms in total. The summed E-state index contributed by atoms with van der Waals surface area (Å²) in [6.07, 6.45) is 2.06. The lowest BCUT2D eigenvalue weighted by molar-refractivity contribution is 0.110. The zero-order valence-electron chi connectivity index (χ0n) is 6.16. The van der Waals surface area contributed by atoms with Gasteiger partial charge in [0.25, 0.3) is 0 Å². The van der Waals surface area contributed by atoms with Gasteiger partial charge in [-0.25, -0.2) is 0 Å². The fourth-order valence-corrected chi connectivity index (χ4v) is 0.0680. The van der Waals surface area contributed by atoms with Crippen molar-refractivity contribution in [3.63, 3.8) is 0 Å². The molecule has 2 N–H and O–H groups in total. The third-order valence-corrected chi connectivity index (χ3v) is 0.457. The minimum atomic E-state index is -0.560. The molecule has 0 aliphatic heterocycles. The molecule has 1 unspecified atom stereocenters. The molecule has 0 amide bonds. The molecule has 0 aliphatic rings. The summed E-state index contributed by atoms with van der Waals surface area (Å²) in [7, 11) is 0. The van der Waals surface area contributed by atoms with E-state index in [0.29, 0.717) is 0 Å². The molecule has 0 heterocycles. The highest BCUT2D eigenvalue weighted by Gasteiger charge is 1.83. The van der Waals surface area contributed by atoms with Crippen LogP contribution in [0.3, 0.4) is 0 Å². The molecule has 0 aliphatic carbocycles. The SMILES string of the molecule is C=COC=C.CC(O)CO. The van der Waals surface area contributed by atoms with E-state index in [2.05, 4.69) is 17.9 Å². The Bertz CT molecular complexity index is 72.9. The van der Waals surface area contributed by atoms with Gasteiger partial charge in [0, 0.05) is 0 Å². The van der Waals surface area contributed by atoms with Gasteiger partial charge in [-0.1, -0.05) is 13.2 Å². The van der Waals surface area contributed by atoms with Crippen LogP contribution in [0, 0.1) is 0 Å². The molecular formula is C7H14O3. The Hall–Kier alpha value is -0.800. The highest BCUT2D eigenvalue weighted by atomic mass is 16.5. The summed E-state index contributed by atoms with van der Waals surface area (Å²) in [6, 6.07) is 0. The van der Waals surface area contributed by atoms with Crippen LogP contribution < -0.4 is 0 Å². The fourth-order valence-electron chi connectivity index (χ4n) is 0.0680. The fraction of sp³-hybridized carbons (Fsp3) is 0.429. The van der Waals surface area contributed by atoms with Crippen molar-refractivity contribution in [3.8, 4) is 0 Å². The summed E-state index contributed by atoms with van der Waals surface area (Å²) in [4.78, 5) is 0. The van der Waals surface area contributed by atoms with Gasteiger partial charge in [0.05, 0.1) is 25.2 Å². The average Bonchev–Trinajstić information content (AvgIpc) is 1.91. The third kappa shape index (κ3) is 27.0. The van der Waals surface area contributed by atoms with Crippen molar-refractivity contribution in [2.24, 2.45) is 0 Å². The number of rotatable bonds is 3. The number of hydrogen-bond donors (Lipinski definition) is 2. The van der Waals surface area contributed by atoms with Gasteiger partial charge in [0.2, 0.25) is 0 Å². The van der Waals surface area contributed by atoms with Gasteiger partial charge in [-0.15, -0.1) is 0 Å². The predicted octanol–water partition coefficient (Wildman–Crippen LogP) is 0.649. The van der Waals surface area contributed by atoms with Crippen molar-refractivity contribution < 1.29 is 14.9 Å². The van der Waals surface area contributed by atoms with Crippen molar-refractivity contribution >= 4 is 0 Å². The zero-order valence-corrected chi connectivity index (χ0v) is 6.16. The summed E-state index contributed by atoms with van der Waals surface area (Å²) in [5.74, 6) is 0. The molecule has 0 spiro atoms. The van der Waals surface area contributed by atoms with Gasteiger partial charge < -0.3 is 14.9 Å². The van der Waals surface area contributed by atoms with Gasteiger partial charge >= 0.3 is 0 Å². The van der Waals surface area contributed by atoms with E-state index in [-0.39, 0.29) is 6.61 Å². The maximum absolute atomic E-state index is 8.11. The lowest BCUT2D eigenvalue weighted by Crippen LogP contribution is -2.03. The van der Waals surface area contributed by atoms with Crippen LogP contribution in [0.1, 0.15) is 6.92 Å². The number of aliphatic hydroxyl groups is 2. The quantitative estimate of drug-likeness (QED) is 0.575. The first-order valence-electron chi connectivity index (χ1n) is 2.85. The second-order valence-electron chi connectivity index (χ2n) is 1.50. The van der Waals surface area contributed by atoms with Crippen molar-refractivity contribution in [2.45, 2.75) is 13.0 Å². The topological polar surface area (TPSA) is 49.7 Å². The Morgan fingerprint density at radius 3 is 1.80 bits per heavy atom. The van der Waals surface area contributed by atoms with E-state index in [0.717, 1.165) is 0 Å². The molecule has 0 radical (unpaired) electrons. The molecule has 0 aromatic rings. The summed E-state index contributed by atoms with van der Waals surface area (Å²) in [6.45, 7) is 7.90. The van der Waals surface area contributed by atoms with Crippen LogP contribution in [0.2, 0.25) is 0 Å². The van der Waals surface area contributed by atoms with Gasteiger partial charge in [-0.3, -0.25) is 0 Å². The molecule has 0 aromatic carbocycles. The molecule has 0 aromatic heterocycles. The summed E-state index contributed by atoms with van der Waals surface area (Å²) >= 11 is 0. The van der Waals surface area contributed by atoms with Crippen LogP contribution in [0.5, 0.6) is 0 Å². The molecule has 0 saturated heterocycles. The van der Waals surface area contributed by atoms with Crippen molar-refractivity contribution in [1.29, 1.82) is 0 Å². The number of hydrogen-bond acceptors (Lipinski definition) is 3. The zero-order chi connectivity index (χ0) is 8.41. The lowest BCUT2D eigenvalue weighted by Gasteiger charge is -1.90.